The van der Waals surface area contributed by atoms with Crippen LogP contribution in [0.1, 0.15) is 50.3 Å². The molecule has 1 aliphatic rings. The van der Waals surface area contributed by atoms with E-state index in [4.69, 9.17) is 15.0 Å². The van der Waals surface area contributed by atoms with Gasteiger partial charge in [0.2, 0.25) is 0 Å². The van der Waals surface area contributed by atoms with Crippen LogP contribution in [0.15, 0.2) is 18.2 Å². The minimum Gasteiger partial charge on any atom is -0.402 e. The summed E-state index contributed by atoms with van der Waals surface area (Å²) in [5.41, 5.74) is 0.833. The Hall–Kier alpha value is -1.26. The molecule has 25 heavy (non-hydrogen) atoms. The van der Waals surface area contributed by atoms with Gasteiger partial charge in [-0.1, -0.05) is 6.07 Å². The molecule has 1 aromatic rings. The molecule has 3 nitrogen and oxygen atoms in total. The summed E-state index contributed by atoms with van der Waals surface area (Å²) in [5, 5.41) is 0. The second-order valence-corrected chi connectivity index (χ2v) is 6.95. The Morgan fingerprint density at radius 3 is 1.80 bits per heavy atom. The Bertz CT molecular complexity index is 640. The second-order valence-electron chi connectivity index (χ2n) is 6.95. The van der Waals surface area contributed by atoms with Gasteiger partial charge in [-0.3, -0.25) is 0 Å². The predicted octanol–water partition coefficient (Wildman–Crippen LogP) is 4.36. The van der Waals surface area contributed by atoms with Gasteiger partial charge in [-0.25, -0.2) is 0 Å². The summed E-state index contributed by atoms with van der Waals surface area (Å²) in [7, 11) is -1.22. The van der Waals surface area contributed by atoms with E-state index in [0.717, 1.165) is 6.07 Å². The van der Waals surface area contributed by atoms with Crippen molar-refractivity contribution in [1.29, 1.82) is 0 Å². The Kier molecular flexibility index (Phi) is 4.72. The van der Waals surface area contributed by atoms with Crippen LogP contribution in [0.5, 0.6) is 0 Å². The normalized spacial score (nSPS) is 21.5. The van der Waals surface area contributed by atoms with Gasteiger partial charge in [0, 0.05) is 0 Å². The predicted molar refractivity (Wildman–Crippen MR) is 79.5 cm³/mol. The summed E-state index contributed by atoms with van der Waals surface area (Å²) in [5.74, 6) is -1.40. The van der Waals surface area contributed by atoms with Gasteiger partial charge in [0.25, 0.3) is 0 Å². The molecule has 0 saturated carbocycles. The molecular weight excluding hydrogens is 351 g/mol. The van der Waals surface area contributed by atoms with E-state index in [-0.39, 0.29) is 6.07 Å². The van der Waals surface area contributed by atoms with Crippen LogP contribution in [0, 0.1) is 0 Å². The lowest BCUT2D eigenvalue weighted by atomic mass is 9.73. The highest BCUT2D eigenvalue weighted by molar-refractivity contribution is 6.47. The van der Waals surface area contributed by atoms with Gasteiger partial charge in [-0.2, -0.15) is 26.3 Å². The maximum absolute atomic E-state index is 13.3. The van der Waals surface area contributed by atoms with Crippen molar-refractivity contribution in [3.63, 3.8) is 0 Å². The smallest absolute Gasteiger partial charge is 0.402 e. The SMILES string of the molecule is CC1(C)OB([C@H](N)c2ccc(C(F)(F)F)cc2C(F)(F)F)OC1(C)C. The van der Waals surface area contributed by atoms with Crippen molar-refractivity contribution in [1.82, 2.24) is 0 Å². The quantitative estimate of drug-likeness (QED) is 0.623. The van der Waals surface area contributed by atoms with Crippen LogP contribution in [-0.2, 0) is 21.7 Å². The lowest BCUT2D eigenvalue weighted by Gasteiger charge is -2.32. The molecule has 2 N–H and O–H groups in total. The average molecular weight is 369 g/mol. The van der Waals surface area contributed by atoms with E-state index in [1.165, 1.54) is 0 Å². The first-order valence-corrected chi connectivity index (χ1v) is 7.46. The van der Waals surface area contributed by atoms with Crippen LogP contribution in [-0.4, -0.2) is 18.3 Å². The number of benzene rings is 1. The zero-order valence-electron chi connectivity index (χ0n) is 14.0. The summed E-state index contributed by atoms with van der Waals surface area (Å²) in [6, 6.07) is 1.34. The van der Waals surface area contributed by atoms with Gasteiger partial charge >= 0.3 is 19.5 Å². The first kappa shape index (κ1) is 20.1. The lowest BCUT2D eigenvalue weighted by molar-refractivity contribution is -0.143. The minimum atomic E-state index is -5.00. The van der Waals surface area contributed by atoms with Crippen LogP contribution in [0.3, 0.4) is 0 Å². The van der Waals surface area contributed by atoms with Crippen LogP contribution >= 0.6 is 0 Å². The second kappa shape index (κ2) is 5.89. The fourth-order valence-corrected chi connectivity index (χ4v) is 2.45. The molecule has 0 spiro atoms. The molecule has 10 heteroatoms. The molecule has 1 saturated heterocycles. The molecule has 0 amide bonds. The summed E-state index contributed by atoms with van der Waals surface area (Å²) >= 11 is 0. The molecule has 0 aromatic heterocycles. The summed E-state index contributed by atoms with van der Waals surface area (Å²) in [4.78, 5) is 0. The molecule has 0 unspecified atom stereocenters. The van der Waals surface area contributed by atoms with Crippen LogP contribution in [0.2, 0.25) is 0 Å². The molecule has 2 rings (SSSR count). The fraction of sp³-hybridized carbons (Fsp3) is 0.600. The molecule has 1 fully saturated rings. The molecule has 0 bridgehead atoms. The van der Waals surface area contributed by atoms with Crippen molar-refractivity contribution in [2.75, 3.05) is 0 Å². The number of hydrogen-bond donors (Lipinski definition) is 1. The summed E-state index contributed by atoms with van der Waals surface area (Å²) < 4.78 is 89.2. The van der Waals surface area contributed by atoms with Gasteiger partial charge in [0.05, 0.1) is 28.3 Å². The third-order valence-corrected chi connectivity index (χ3v) is 4.61. The van der Waals surface area contributed by atoms with Gasteiger partial charge in [-0.15, -0.1) is 0 Å². The zero-order chi connectivity index (χ0) is 19.4. The molecule has 140 valence electrons. The minimum absolute atomic E-state index is 0.0560. The first-order chi connectivity index (χ1) is 11.1. The first-order valence-electron chi connectivity index (χ1n) is 7.46. The number of halogens is 6. The van der Waals surface area contributed by atoms with Crippen molar-refractivity contribution in [3.8, 4) is 0 Å². The van der Waals surface area contributed by atoms with Crippen molar-refractivity contribution in [2.45, 2.75) is 57.2 Å². The van der Waals surface area contributed by atoms with Crippen molar-refractivity contribution in [2.24, 2.45) is 5.73 Å². The van der Waals surface area contributed by atoms with E-state index in [1.54, 1.807) is 27.7 Å². The van der Waals surface area contributed by atoms with Crippen LogP contribution in [0.25, 0.3) is 0 Å². The van der Waals surface area contributed by atoms with E-state index < -0.39 is 53.3 Å². The van der Waals surface area contributed by atoms with Crippen LogP contribution in [0.4, 0.5) is 26.3 Å². The number of alkyl halides is 6. The van der Waals surface area contributed by atoms with Crippen molar-refractivity contribution >= 4 is 7.12 Å². The molecule has 0 radical (unpaired) electrons. The number of hydrogen-bond acceptors (Lipinski definition) is 3. The van der Waals surface area contributed by atoms with Crippen molar-refractivity contribution < 1.29 is 35.7 Å². The van der Waals surface area contributed by atoms with E-state index in [0.29, 0.717) is 6.07 Å². The zero-order valence-corrected chi connectivity index (χ0v) is 14.0. The Labute approximate surface area is 141 Å². The highest BCUT2D eigenvalue weighted by atomic mass is 19.4. The molecule has 1 atom stereocenters. The lowest BCUT2D eigenvalue weighted by Crippen LogP contribution is -2.41. The van der Waals surface area contributed by atoms with Gasteiger partial charge < -0.3 is 15.0 Å². The van der Waals surface area contributed by atoms with E-state index >= 15 is 0 Å². The monoisotopic (exact) mass is 369 g/mol. The van der Waals surface area contributed by atoms with E-state index in [1.807, 2.05) is 0 Å². The fourth-order valence-electron chi connectivity index (χ4n) is 2.45. The third kappa shape index (κ3) is 3.80. The summed E-state index contributed by atoms with van der Waals surface area (Å²) in [6.07, 6.45) is -9.90. The topological polar surface area (TPSA) is 44.5 Å². The standard InChI is InChI=1S/C15H18BF6NO2/c1-12(2)13(3,4)25-16(24-12)11(23)9-6-5-8(14(17,18)19)7-10(9)15(20,21)22/h5-7,11H,23H2,1-4H3/t11-/m1/s1. The maximum Gasteiger partial charge on any atom is 0.480 e. The van der Waals surface area contributed by atoms with Crippen molar-refractivity contribution in [3.05, 3.63) is 34.9 Å². The molecule has 1 heterocycles. The molecule has 1 aliphatic heterocycles. The van der Waals surface area contributed by atoms with Crippen LogP contribution < -0.4 is 5.73 Å². The number of rotatable bonds is 2. The van der Waals surface area contributed by atoms with Gasteiger partial charge in [0.15, 0.2) is 0 Å². The molecule has 0 aliphatic carbocycles. The van der Waals surface area contributed by atoms with E-state index in [2.05, 4.69) is 0 Å². The summed E-state index contributed by atoms with van der Waals surface area (Å²) in [6.45, 7) is 6.77. The Morgan fingerprint density at radius 1 is 0.920 bits per heavy atom. The van der Waals surface area contributed by atoms with E-state index in [9.17, 15) is 26.3 Å². The average Bonchev–Trinajstić information content (AvgIpc) is 2.64. The Morgan fingerprint density at radius 2 is 1.40 bits per heavy atom. The highest BCUT2D eigenvalue weighted by Gasteiger charge is 2.54. The third-order valence-electron chi connectivity index (χ3n) is 4.61. The highest BCUT2D eigenvalue weighted by Crippen LogP contribution is 2.43. The molecule has 1 aromatic carbocycles. The molecular formula is C15H18BF6NO2. The largest absolute Gasteiger partial charge is 0.480 e. The maximum atomic E-state index is 13.3. The van der Waals surface area contributed by atoms with Gasteiger partial charge in [0.1, 0.15) is 0 Å². The van der Waals surface area contributed by atoms with Gasteiger partial charge in [-0.05, 0) is 45.4 Å². The Balaban J connectivity index is 2.45. The number of nitrogens with two attached hydrogens (primary N) is 1.